The lowest BCUT2D eigenvalue weighted by atomic mass is 10.1. The maximum absolute atomic E-state index is 14.5. The summed E-state index contributed by atoms with van der Waals surface area (Å²) in [6.45, 7) is 10.4. The lowest BCUT2D eigenvalue weighted by molar-refractivity contribution is 0.298. The van der Waals surface area contributed by atoms with Crippen LogP contribution in [0.4, 0.5) is 4.39 Å². The van der Waals surface area contributed by atoms with Gasteiger partial charge in [-0.2, -0.15) is 0 Å². The highest BCUT2D eigenvalue weighted by Gasteiger charge is 2.15. The molecular weight excluding hydrogens is 357 g/mol. The lowest BCUT2D eigenvalue weighted by Gasteiger charge is -2.15. The number of rotatable bonds is 6. The van der Waals surface area contributed by atoms with Gasteiger partial charge in [0.1, 0.15) is 17.3 Å². The van der Waals surface area contributed by atoms with Crippen molar-refractivity contribution in [2.24, 2.45) is 0 Å². The van der Waals surface area contributed by atoms with Gasteiger partial charge in [0.15, 0.2) is 5.43 Å². The summed E-state index contributed by atoms with van der Waals surface area (Å²) in [5.41, 5.74) is 1.26. The van der Waals surface area contributed by atoms with Gasteiger partial charge in [0.2, 0.25) is 0 Å². The molecule has 148 valence electrons. The predicted octanol–water partition coefficient (Wildman–Crippen LogP) is 5.23. The molecule has 0 saturated heterocycles. The third kappa shape index (κ3) is 4.42. The number of hydrogen-bond donors (Lipinski definition) is 0. The van der Waals surface area contributed by atoms with Crippen LogP contribution in [0.25, 0.3) is 16.7 Å². The standard InChI is InChI=1S/C21H20FNO3.C2H6/c1-4-26-14(2)18-13-23(12-15-8-10-16(25-3)11-9-15)20-17(21(18)24)6-5-7-19(20)22;1-2/h5-11,13H,2,4,12H2,1,3H3;1-2H3. The number of hydrogen-bond acceptors (Lipinski definition) is 3. The topological polar surface area (TPSA) is 40.5 Å². The molecule has 4 nitrogen and oxygen atoms in total. The number of pyridine rings is 1. The summed E-state index contributed by atoms with van der Waals surface area (Å²) in [7, 11) is 1.60. The number of aromatic nitrogens is 1. The lowest BCUT2D eigenvalue weighted by Crippen LogP contribution is -2.16. The van der Waals surface area contributed by atoms with E-state index in [2.05, 4.69) is 6.58 Å². The molecule has 0 fully saturated rings. The van der Waals surface area contributed by atoms with E-state index in [-0.39, 0.29) is 16.7 Å². The normalized spacial score (nSPS) is 10.2. The van der Waals surface area contributed by atoms with Crippen molar-refractivity contribution in [1.82, 2.24) is 4.57 Å². The third-order valence-electron chi connectivity index (χ3n) is 4.18. The van der Waals surface area contributed by atoms with Crippen molar-refractivity contribution in [1.29, 1.82) is 0 Å². The molecular formula is C23H26FNO3. The summed E-state index contributed by atoms with van der Waals surface area (Å²) in [5.74, 6) is 0.587. The van der Waals surface area contributed by atoms with E-state index in [0.29, 0.717) is 24.1 Å². The van der Waals surface area contributed by atoms with E-state index in [9.17, 15) is 9.18 Å². The molecule has 2 aromatic carbocycles. The van der Waals surface area contributed by atoms with E-state index >= 15 is 0 Å². The van der Waals surface area contributed by atoms with Crippen molar-refractivity contribution in [2.45, 2.75) is 27.3 Å². The Hall–Kier alpha value is -3.08. The highest BCUT2D eigenvalue weighted by atomic mass is 19.1. The molecule has 3 aromatic rings. The molecule has 0 aliphatic rings. The Balaban J connectivity index is 0.00000136. The van der Waals surface area contributed by atoms with Crippen LogP contribution in [0.1, 0.15) is 31.9 Å². The summed E-state index contributed by atoms with van der Waals surface area (Å²) in [5, 5.41) is 0.303. The van der Waals surface area contributed by atoms with Crippen molar-refractivity contribution < 1.29 is 13.9 Å². The molecule has 0 N–H and O–H groups in total. The van der Waals surface area contributed by atoms with Crippen LogP contribution in [0.15, 0.2) is 60.0 Å². The SMILES string of the molecule is C=C(OCC)c1cn(Cc2ccc(OC)cc2)c2c(F)cccc2c1=O.CC. The fraction of sp³-hybridized carbons (Fsp3) is 0.261. The largest absolute Gasteiger partial charge is 0.497 e. The summed E-state index contributed by atoms with van der Waals surface area (Å²) in [4.78, 5) is 12.7. The van der Waals surface area contributed by atoms with Crippen molar-refractivity contribution in [3.8, 4) is 5.75 Å². The number of fused-ring (bicyclic) bond motifs is 1. The van der Waals surface area contributed by atoms with E-state index in [0.717, 1.165) is 11.3 Å². The van der Waals surface area contributed by atoms with Gasteiger partial charge in [-0.05, 0) is 36.8 Å². The van der Waals surface area contributed by atoms with Gasteiger partial charge in [-0.3, -0.25) is 4.79 Å². The molecule has 0 spiro atoms. The van der Waals surface area contributed by atoms with Crippen LogP contribution in [0.3, 0.4) is 0 Å². The summed E-state index contributed by atoms with van der Waals surface area (Å²) >= 11 is 0. The minimum Gasteiger partial charge on any atom is -0.497 e. The highest BCUT2D eigenvalue weighted by Crippen LogP contribution is 2.21. The molecule has 0 saturated carbocycles. The van der Waals surface area contributed by atoms with Crippen LogP contribution in [0.2, 0.25) is 0 Å². The Morgan fingerprint density at radius 1 is 1.14 bits per heavy atom. The van der Waals surface area contributed by atoms with Gasteiger partial charge in [0.05, 0.1) is 24.8 Å². The second-order valence-corrected chi connectivity index (χ2v) is 5.84. The first kappa shape index (κ1) is 21.2. The van der Waals surface area contributed by atoms with E-state index in [1.807, 2.05) is 45.0 Å². The first-order valence-corrected chi connectivity index (χ1v) is 9.31. The Bertz CT molecular complexity index is 1010. The molecule has 0 aliphatic carbocycles. The molecule has 1 aromatic heterocycles. The van der Waals surface area contributed by atoms with Crippen molar-refractivity contribution in [3.63, 3.8) is 0 Å². The third-order valence-corrected chi connectivity index (χ3v) is 4.18. The van der Waals surface area contributed by atoms with Crippen LogP contribution in [0.5, 0.6) is 5.75 Å². The Kier molecular flexibility index (Phi) is 7.38. The molecule has 3 rings (SSSR count). The van der Waals surface area contributed by atoms with Gasteiger partial charge in [-0.1, -0.05) is 38.6 Å². The predicted molar refractivity (Wildman–Crippen MR) is 112 cm³/mol. The average molecular weight is 383 g/mol. The van der Waals surface area contributed by atoms with E-state index in [1.54, 1.807) is 23.9 Å². The Labute approximate surface area is 164 Å². The zero-order chi connectivity index (χ0) is 20.7. The maximum Gasteiger partial charge on any atom is 0.200 e. The van der Waals surface area contributed by atoms with Gasteiger partial charge in [0.25, 0.3) is 0 Å². The molecule has 5 heteroatoms. The second kappa shape index (κ2) is 9.74. The highest BCUT2D eigenvalue weighted by molar-refractivity contribution is 5.82. The fourth-order valence-corrected chi connectivity index (χ4v) is 2.92. The minimum atomic E-state index is -0.443. The zero-order valence-electron chi connectivity index (χ0n) is 16.8. The first-order chi connectivity index (χ1) is 13.5. The summed E-state index contributed by atoms with van der Waals surface area (Å²) in [6, 6.07) is 12.0. The number of halogens is 1. The summed E-state index contributed by atoms with van der Waals surface area (Å²) in [6.07, 6.45) is 1.61. The maximum atomic E-state index is 14.5. The van der Waals surface area contributed by atoms with Crippen LogP contribution >= 0.6 is 0 Å². The molecule has 1 heterocycles. The minimum absolute atomic E-state index is 0.265. The molecule has 0 amide bonds. The molecule has 0 radical (unpaired) electrons. The van der Waals surface area contributed by atoms with Gasteiger partial charge in [0, 0.05) is 18.1 Å². The van der Waals surface area contributed by atoms with Gasteiger partial charge in [-0.15, -0.1) is 0 Å². The fourth-order valence-electron chi connectivity index (χ4n) is 2.92. The van der Waals surface area contributed by atoms with E-state index < -0.39 is 5.82 Å². The van der Waals surface area contributed by atoms with Crippen molar-refractivity contribution >= 4 is 16.7 Å². The van der Waals surface area contributed by atoms with Gasteiger partial charge in [-0.25, -0.2) is 4.39 Å². The smallest absolute Gasteiger partial charge is 0.200 e. The summed E-state index contributed by atoms with van der Waals surface area (Å²) < 4.78 is 26.8. The number of methoxy groups -OCH3 is 1. The Morgan fingerprint density at radius 2 is 1.82 bits per heavy atom. The molecule has 0 aliphatic heterocycles. The molecule has 0 bridgehead atoms. The van der Waals surface area contributed by atoms with Crippen LogP contribution in [-0.2, 0) is 11.3 Å². The Morgan fingerprint density at radius 3 is 2.43 bits per heavy atom. The van der Waals surface area contributed by atoms with Crippen molar-refractivity contribution in [2.75, 3.05) is 13.7 Å². The second-order valence-electron chi connectivity index (χ2n) is 5.84. The molecule has 0 atom stereocenters. The first-order valence-electron chi connectivity index (χ1n) is 9.31. The number of ether oxygens (including phenoxy) is 2. The number of nitrogens with zero attached hydrogens (tertiary/aromatic N) is 1. The quantitative estimate of drug-likeness (QED) is 0.547. The van der Waals surface area contributed by atoms with Gasteiger partial charge < -0.3 is 14.0 Å². The zero-order valence-corrected chi connectivity index (χ0v) is 16.8. The van der Waals surface area contributed by atoms with E-state index in [1.165, 1.54) is 12.1 Å². The monoisotopic (exact) mass is 383 g/mol. The average Bonchev–Trinajstić information content (AvgIpc) is 2.72. The van der Waals surface area contributed by atoms with Crippen LogP contribution in [0, 0.1) is 5.82 Å². The molecule has 28 heavy (non-hydrogen) atoms. The van der Waals surface area contributed by atoms with Gasteiger partial charge >= 0.3 is 0 Å². The van der Waals surface area contributed by atoms with E-state index in [4.69, 9.17) is 9.47 Å². The number of benzene rings is 2. The number of para-hydroxylation sites is 1. The van der Waals surface area contributed by atoms with Crippen LogP contribution < -0.4 is 10.2 Å². The van der Waals surface area contributed by atoms with Crippen LogP contribution in [-0.4, -0.2) is 18.3 Å². The molecule has 0 unspecified atom stereocenters. The van der Waals surface area contributed by atoms with Crippen molar-refractivity contribution in [3.05, 3.63) is 82.4 Å².